The van der Waals surface area contributed by atoms with Crippen LogP contribution in [0, 0.1) is 0 Å². The number of rotatable bonds is 17. The number of nitrogens with one attached hydrogen (secondary N) is 1. The Kier molecular flexibility index (Phi) is 22.4. The van der Waals surface area contributed by atoms with E-state index >= 15 is 0 Å². The van der Waals surface area contributed by atoms with Crippen molar-refractivity contribution in [3.8, 4) is 6.01 Å². The zero-order valence-electron chi connectivity index (χ0n) is 72.9. The monoisotopic (exact) mass is 1520 g/mol. The van der Waals surface area contributed by atoms with Gasteiger partial charge in [-0.15, -0.1) is 0 Å². The molecule has 618 valence electrons. The van der Waals surface area contributed by atoms with Gasteiger partial charge >= 0.3 is 6.01 Å². The van der Waals surface area contributed by atoms with Crippen LogP contribution in [0.3, 0.4) is 0 Å². The molecule has 9 N–H and O–H groups in total. The number of piperidine rings is 8. The lowest BCUT2D eigenvalue weighted by Gasteiger charge is -2.59. The van der Waals surface area contributed by atoms with Gasteiger partial charge in [0.25, 0.3) is 0 Å². The fraction of sp³-hybridized carbons (Fsp3) is 0.925. The molecule has 0 spiro atoms. The Morgan fingerprint density at radius 1 is 0.250 bits per heavy atom. The van der Waals surface area contributed by atoms with Gasteiger partial charge in [0, 0.05) is 137 Å². The molecule has 8 aliphatic rings. The maximum absolute atomic E-state index is 12.0. The van der Waals surface area contributed by atoms with Crippen molar-refractivity contribution in [1.29, 1.82) is 0 Å². The van der Waals surface area contributed by atoms with Crippen molar-refractivity contribution in [2.75, 3.05) is 38.1 Å². The first-order valence-electron chi connectivity index (χ1n) is 40.6. The van der Waals surface area contributed by atoms with Crippen LogP contribution >= 0.6 is 0 Å². The van der Waals surface area contributed by atoms with Crippen LogP contribution in [-0.4, -0.2) is 262 Å². The van der Waals surface area contributed by atoms with Crippen molar-refractivity contribution in [3.63, 3.8) is 0 Å². The highest BCUT2D eigenvalue weighted by atomic mass is 16.5. The molecule has 0 unspecified atom stereocenters. The lowest BCUT2D eigenvalue weighted by atomic mass is 9.74. The molecule has 0 atom stereocenters. The van der Waals surface area contributed by atoms with Crippen molar-refractivity contribution in [2.45, 2.75) is 461 Å². The molecule has 10 heterocycles. The van der Waals surface area contributed by atoms with Gasteiger partial charge in [-0.25, -0.2) is 0 Å². The number of nitrogens with zero attached hydrogens (tertiary/aromatic N) is 18. The van der Waals surface area contributed by atoms with Crippen molar-refractivity contribution in [2.24, 2.45) is 0 Å². The predicted octanol–water partition coefficient (Wildman–Crippen LogP) is 14.1. The Morgan fingerprint density at radius 3 is 0.537 bits per heavy atom. The summed E-state index contributed by atoms with van der Waals surface area (Å²) < 4.78 is 7.14. The largest absolute Gasteiger partial charge is 0.461 e. The van der Waals surface area contributed by atoms with E-state index in [1.54, 1.807) is 0 Å². The molecule has 0 aliphatic carbocycles. The molecule has 0 amide bonds. The highest BCUT2D eigenvalue weighted by Crippen LogP contribution is 2.52. The van der Waals surface area contributed by atoms with Gasteiger partial charge < -0.3 is 71.3 Å². The zero-order valence-corrected chi connectivity index (χ0v) is 72.9. The van der Waals surface area contributed by atoms with E-state index < -0.39 is 88.6 Å². The van der Waals surface area contributed by atoms with Gasteiger partial charge in [-0.05, 0) is 324 Å². The topological polar surface area (TPSA) is 299 Å². The maximum Gasteiger partial charge on any atom is 0.323 e. The van der Waals surface area contributed by atoms with Crippen LogP contribution in [0.25, 0.3) is 0 Å². The molecule has 10 rings (SSSR count). The second-order valence-electron chi connectivity index (χ2n) is 44.9. The minimum absolute atomic E-state index is 0.0217. The van der Waals surface area contributed by atoms with Gasteiger partial charge in [0.15, 0.2) is 0 Å². The number of hydrogen-bond donors (Lipinski definition) is 9. The standard InChI is InChI=1S/C80H149N19O9/c1-65(2)35-51(36-66(3,4)92(65)100)88(52-37-67(5,6)93(101)68(7,8)38-52)60-82-59(83-61(84-60)89(53-39-69(9,10)94(102)70(11,12)40-53)54-41-71(13,14)95(103)72(15,16)42-54)81-33-34-108-64-86-62(90(55-43-73(17,18)96(104)74(19,20)44-55)56-45-75(21,22)97(105)76(23,24)46-56)85-63(87-64)91(57-47-77(25,26)98(106)78(27,28)48-57)58-49-79(29,30)99(107)80(31,32)50-58/h51-58,100-107H,33-50H2,1-32H3,(H,81,82,83,84). The summed E-state index contributed by atoms with van der Waals surface area (Å²) >= 11 is 0. The molecule has 8 saturated heterocycles. The average Bonchev–Trinajstić information content (AvgIpc) is 0.741. The maximum atomic E-state index is 12.0. The molecule has 0 bridgehead atoms. The van der Waals surface area contributed by atoms with E-state index in [1.165, 1.54) is 40.5 Å². The minimum Gasteiger partial charge on any atom is -0.461 e. The molecule has 0 aromatic carbocycles. The first kappa shape index (κ1) is 86.6. The SMILES string of the molecule is CC1(C)CC(N(c2nc(NCCOc3nc(N(C4CC(C)(C)N(O)C(C)(C)C4)C4CC(C)(C)N(O)C(C)(C)C4)nc(N(C4CC(C)(C)N(O)C(C)(C)C4)C4CC(C)(C)N(O)C(C)(C)C4)n3)nc(N(C3CC(C)(C)N(O)C(C)(C)C3)C3CC(C)(C)N(O)C(C)(C)C3)n2)C2CC(C)(C)N(O)C(C)(C)C2)CC(C)(C)N1O. The average molecular weight is 1520 g/mol. The molecule has 8 aliphatic heterocycles. The molecule has 0 radical (unpaired) electrons. The van der Waals surface area contributed by atoms with Gasteiger partial charge in [-0.2, -0.15) is 70.4 Å². The molecular weight excluding hydrogens is 1370 g/mol. The lowest BCUT2D eigenvalue weighted by Crippen LogP contribution is -2.68. The fourth-order valence-corrected chi connectivity index (χ4v) is 23.4. The molecule has 0 saturated carbocycles. The van der Waals surface area contributed by atoms with Crippen LogP contribution in [-0.2, 0) is 0 Å². The molecule has 28 nitrogen and oxygen atoms in total. The van der Waals surface area contributed by atoms with Crippen molar-refractivity contribution >= 4 is 29.7 Å². The normalized spacial score (nSPS) is 29.4. The lowest BCUT2D eigenvalue weighted by molar-refractivity contribution is -0.251. The summed E-state index contributed by atoms with van der Waals surface area (Å²) in [6.07, 6.45) is 8.91. The van der Waals surface area contributed by atoms with Crippen LogP contribution in [0.4, 0.5) is 29.7 Å². The van der Waals surface area contributed by atoms with Crippen molar-refractivity contribution in [1.82, 2.24) is 70.4 Å². The van der Waals surface area contributed by atoms with Crippen LogP contribution in [0.2, 0.25) is 0 Å². The van der Waals surface area contributed by atoms with E-state index in [9.17, 15) is 41.7 Å². The van der Waals surface area contributed by atoms with E-state index in [-0.39, 0.29) is 67.5 Å². The fourth-order valence-electron chi connectivity index (χ4n) is 23.4. The molecule has 2 aromatic heterocycles. The van der Waals surface area contributed by atoms with Gasteiger partial charge in [-0.1, -0.05) is 0 Å². The second-order valence-corrected chi connectivity index (χ2v) is 44.9. The van der Waals surface area contributed by atoms with E-state index in [4.69, 9.17) is 34.6 Å². The Morgan fingerprint density at radius 2 is 0.389 bits per heavy atom. The van der Waals surface area contributed by atoms with Crippen molar-refractivity contribution < 1.29 is 46.4 Å². The Labute approximate surface area is 649 Å². The third-order valence-corrected chi connectivity index (χ3v) is 26.8. The molecule has 28 heteroatoms. The first-order valence-corrected chi connectivity index (χ1v) is 40.6. The summed E-state index contributed by atoms with van der Waals surface area (Å²) in [5.41, 5.74) is -10.9. The van der Waals surface area contributed by atoms with E-state index in [0.29, 0.717) is 132 Å². The third kappa shape index (κ3) is 16.6. The molecule has 108 heavy (non-hydrogen) atoms. The van der Waals surface area contributed by atoms with Crippen molar-refractivity contribution in [3.05, 3.63) is 0 Å². The molecule has 8 fully saturated rings. The van der Waals surface area contributed by atoms with E-state index in [0.717, 1.165) is 0 Å². The van der Waals surface area contributed by atoms with E-state index in [1.807, 2.05) is 0 Å². The molecule has 2 aromatic rings. The minimum atomic E-state index is -0.684. The highest BCUT2D eigenvalue weighted by molar-refractivity contribution is 5.51. The number of ether oxygens (including phenoxy) is 1. The predicted molar refractivity (Wildman–Crippen MR) is 422 cm³/mol. The van der Waals surface area contributed by atoms with Crippen LogP contribution in [0.5, 0.6) is 6.01 Å². The third-order valence-electron chi connectivity index (χ3n) is 26.8. The Hall–Kier alpha value is -3.82. The first-order chi connectivity index (χ1) is 48.6. The van der Waals surface area contributed by atoms with Crippen LogP contribution in [0.15, 0.2) is 0 Å². The zero-order chi connectivity index (χ0) is 81.4. The van der Waals surface area contributed by atoms with Gasteiger partial charge in [0.05, 0.1) is 6.54 Å². The highest BCUT2D eigenvalue weighted by Gasteiger charge is 2.59. The summed E-state index contributed by atoms with van der Waals surface area (Å²) in [6.45, 7) is 66.8. The summed E-state index contributed by atoms with van der Waals surface area (Å²) in [6, 6.07) is -1.63. The van der Waals surface area contributed by atoms with Gasteiger partial charge in [-0.3, -0.25) is 0 Å². The second kappa shape index (κ2) is 28.0. The Balaban J connectivity index is 1.17. The Bertz CT molecular complexity index is 2790. The smallest absolute Gasteiger partial charge is 0.323 e. The number of anilines is 5. The summed E-state index contributed by atoms with van der Waals surface area (Å²) in [4.78, 5) is 43.3. The van der Waals surface area contributed by atoms with Gasteiger partial charge in [0.1, 0.15) is 6.61 Å². The van der Waals surface area contributed by atoms with E-state index in [2.05, 4.69) is 246 Å². The number of aromatic nitrogens is 6. The summed E-state index contributed by atoms with van der Waals surface area (Å²) in [5.74, 6) is 2.04. The van der Waals surface area contributed by atoms with Gasteiger partial charge in [0.2, 0.25) is 29.7 Å². The number of hydroxylamine groups is 16. The summed E-state index contributed by atoms with van der Waals surface area (Å²) in [7, 11) is 0. The molecular formula is C80H149N19O9. The summed E-state index contributed by atoms with van der Waals surface area (Å²) in [5, 5.41) is 112. The number of hydrogen-bond acceptors (Lipinski definition) is 28. The quantitative estimate of drug-likeness (QED) is 0.0665. The van der Waals surface area contributed by atoms with Crippen LogP contribution in [0.1, 0.15) is 324 Å². The van der Waals surface area contributed by atoms with Crippen LogP contribution < -0.4 is 29.7 Å².